The van der Waals surface area contributed by atoms with Crippen LogP contribution < -0.4 is 5.73 Å². The van der Waals surface area contributed by atoms with Gasteiger partial charge in [0.1, 0.15) is 22.8 Å². The Bertz CT molecular complexity index is 1520. The number of allylic oxidation sites excluding steroid dienone is 2. The molecule has 5 rings (SSSR count). The maximum absolute atomic E-state index is 12.8. The number of carbonyl (C=O) groups is 3. The number of ether oxygens (including phenoxy) is 2. The molecule has 9 heteroatoms. The number of benzene rings is 1. The fourth-order valence-corrected chi connectivity index (χ4v) is 3.87. The molecule has 0 fully saturated rings. The van der Waals surface area contributed by atoms with Crippen molar-refractivity contribution >= 4 is 39.3 Å². The van der Waals surface area contributed by atoms with E-state index in [0.717, 1.165) is 16.3 Å². The van der Waals surface area contributed by atoms with Crippen LogP contribution in [0.2, 0.25) is 0 Å². The number of nitrogens with two attached hydrogens (primary N) is 1. The Morgan fingerprint density at radius 3 is 2.50 bits per heavy atom. The minimum Gasteiger partial charge on any atom is -0.491 e. The molecule has 0 aliphatic heterocycles. The van der Waals surface area contributed by atoms with E-state index < -0.39 is 17.5 Å². The number of H-pyrrole nitrogens is 1. The van der Waals surface area contributed by atoms with Crippen LogP contribution in [0.3, 0.4) is 0 Å². The second-order valence-corrected chi connectivity index (χ2v) is 7.14. The zero-order valence-electron chi connectivity index (χ0n) is 17.1. The zero-order chi connectivity index (χ0) is 22.6. The van der Waals surface area contributed by atoms with Crippen LogP contribution in [0.1, 0.15) is 31.3 Å². The highest BCUT2D eigenvalue weighted by atomic mass is 16.5. The third-order valence-corrected chi connectivity index (χ3v) is 5.39. The Labute approximate surface area is 180 Å². The quantitative estimate of drug-likeness (QED) is 0.475. The van der Waals surface area contributed by atoms with Gasteiger partial charge in [0.25, 0.3) is 0 Å². The average Bonchev–Trinajstić information content (AvgIpc) is 3.20. The highest BCUT2D eigenvalue weighted by molar-refractivity contribution is 6.25. The summed E-state index contributed by atoms with van der Waals surface area (Å²) in [5.41, 5.74) is 7.68. The summed E-state index contributed by atoms with van der Waals surface area (Å²) in [5, 5.41) is 1.63. The van der Waals surface area contributed by atoms with Crippen LogP contribution in [0.4, 0.5) is 0 Å². The molecule has 0 bridgehead atoms. The van der Waals surface area contributed by atoms with Crippen molar-refractivity contribution in [2.24, 2.45) is 5.73 Å². The third-order valence-electron chi connectivity index (χ3n) is 5.39. The first-order chi connectivity index (χ1) is 15.4. The summed E-state index contributed by atoms with van der Waals surface area (Å²) in [6.07, 6.45) is 0. The highest BCUT2D eigenvalue weighted by Gasteiger charge is 2.33. The van der Waals surface area contributed by atoms with Gasteiger partial charge in [-0.25, -0.2) is 14.8 Å². The lowest BCUT2D eigenvalue weighted by molar-refractivity contribution is 0.0594. The maximum atomic E-state index is 12.8. The van der Waals surface area contributed by atoms with Crippen molar-refractivity contribution in [1.29, 1.82) is 0 Å². The number of nitrogens with zero attached hydrogens (tertiary/aromatic N) is 2. The molecule has 0 amide bonds. The van der Waals surface area contributed by atoms with Crippen LogP contribution in [0.25, 0.3) is 33.2 Å². The van der Waals surface area contributed by atoms with Crippen molar-refractivity contribution in [3.63, 3.8) is 0 Å². The number of methoxy groups -OCH3 is 2. The first kappa shape index (κ1) is 19.4. The number of rotatable bonds is 3. The van der Waals surface area contributed by atoms with Crippen molar-refractivity contribution in [3.8, 4) is 11.4 Å². The predicted octanol–water partition coefficient (Wildman–Crippen LogP) is 2.76. The molecule has 0 unspecified atom stereocenters. The van der Waals surface area contributed by atoms with Gasteiger partial charge in [0.15, 0.2) is 5.76 Å². The number of hydrogen-bond donors (Lipinski definition) is 2. The van der Waals surface area contributed by atoms with Crippen LogP contribution in [-0.4, -0.2) is 46.7 Å². The number of aromatic nitrogens is 3. The summed E-state index contributed by atoms with van der Waals surface area (Å²) in [7, 11) is 2.54. The Balaban J connectivity index is 1.79. The number of Topliss-reactive ketones (excluding diaryl/α,β-unsaturated/α-hetero) is 2. The van der Waals surface area contributed by atoms with E-state index in [0.29, 0.717) is 16.9 Å². The van der Waals surface area contributed by atoms with E-state index in [1.165, 1.54) is 20.3 Å². The monoisotopic (exact) mass is 428 g/mol. The van der Waals surface area contributed by atoms with Crippen LogP contribution in [0, 0.1) is 0 Å². The largest absolute Gasteiger partial charge is 0.491 e. The van der Waals surface area contributed by atoms with Gasteiger partial charge >= 0.3 is 5.97 Å². The van der Waals surface area contributed by atoms with Crippen LogP contribution in [0.15, 0.2) is 53.9 Å². The molecule has 0 spiro atoms. The molecule has 32 heavy (non-hydrogen) atoms. The molecular formula is C23H16N4O5. The summed E-state index contributed by atoms with van der Waals surface area (Å²) >= 11 is 0. The zero-order valence-corrected chi connectivity index (χ0v) is 17.1. The lowest BCUT2D eigenvalue weighted by Crippen LogP contribution is -2.28. The van der Waals surface area contributed by atoms with Gasteiger partial charge < -0.3 is 20.2 Å². The van der Waals surface area contributed by atoms with Crippen LogP contribution in [0.5, 0.6) is 0 Å². The molecule has 4 aromatic rings. The minimum atomic E-state index is -0.615. The second kappa shape index (κ2) is 7.02. The SMILES string of the molecule is COC(=O)c1cc2c([nH]c3ccccc32)c(-c2ccc3c(n2)C(=O)C(N)=C(OC)C3=O)n1. The van der Waals surface area contributed by atoms with Gasteiger partial charge in [-0.1, -0.05) is 18.2 Å². The standard InChI is InChI=1S/C23H16N4O5/c1-31-22-16(24)21(29)18-11(20(22)28)7-8-14(26-18)19-17-12(9-15(27-19)23(30)32-2)10-5-3-4-6-13(10)25-17/h3-9,25H,24H2,1-2H3. The molecule has 3 aromatic heterocycles. The second-order valence-electron chi connectivity index (χ2n) is 7.14. The number of hydrogen-bond acceptors (Lipinski definition) is 8. The third kappa shape index (κ3) is 2.68. The van der Waals surface area contributed by atoms with Gasteiger partial charge in [0.05, 0.1) is 31.0 Å². The fraction of sp³-hybridized carbons (Fsp3) is 0.0870. The first-order valence-corrected chi connectivity index (χ1v) is 9.59. The van der Waals surface area contributed by atoms with Crippen molar-refractivity contribution < 1.29 is 23.9 Å². The molecule has 0 saturated heterocycles. The molecule has 0 radical (unpaired) electrons. The van der Waals surface area contributed by atoms with E-state index in [9.17, 15) is 14.4 Å². The number of pyridine rings is 2. The molecule has 3 heterocycles. The van der Waals surface area contributed by atoms with Crippen LogP contribution >= 0.6 is 0 Å². The molecule has 3 N–H and O–H groups in total. The molecule has 0 atom stereocenters. The van der Waals surface area contributed by atoms with E-state index in [-0.39, 0.29) is 28.4 Å². The summed E-state index contributed by atoms with van der Waals surface area (Å²) in [4.78, 5) is 49.8. The molecule has 9 nitrogen and oxygen atoms in total. The lowest BCUT2D eigenvalue weighted by atomic mass is 9.95. The first-order valence-electron chi connectivity index (χ1n) is 9.59. The van der Waals surface area contributed by atoms with Crippen molar-refractivity contribution in [2.75, 3.05) is 14.2 Å². The van der Waals surface area contributed by atoms with Crippen LogP contribution in [-0.2, 0) is 9.47 Å². The Hall–Kier alpha value is -4.53. The Morgan fingerprint density at radius 2 is 1.75 bits per heavy atom. The number of nitrogens with one attached hydrogen (secondary N) is 1. The average molecular weight is 428 g/mol. The summed E-state index contributed by atoms with van der Waals surface area (Å²) in [6.45, 7) is 0. The molecule has 1 aromatic carbocycles. The molecule has 0 saturated carbocycles. The number of esters is 1. The molecule has 1 aliphatic carbocycles. The normalized spacial score (nSPS) is 13.6. The molecule has 1 aliphatic rings. The van der Waals surface area contributed by atoms with Crippen molar-refractivity contribution in [2.45, 2.75) is 0 Å². The summed E-state index contributed by atoms with van der Waals surface area (Å²) in [6, 6.07) is 12.3. The van der Waals surface area contributed by atoms with Gasteiger partial charge in [-0.3, -0.25) is 9.59 Å². The fourth-order valence-electron chi connectivity index (χ4n) is 3.87. The van der Waals surface area contributed by atoms with E-state index in [4.69, 9.17) is 15.2 Å². The van der Waals surface area contributed by atoms with Crippen molar-refractivity contribution in [1.82, 2.24) is 15.0 Å². The van der Waals surface area contributed by atoms with E-state index in [2.05, 4.69) is 15.0 Å². The maximum Gasteiger partial charge on any atom is 0.356 e. The summed E-state index contributed by atoms with van der Waals surface area (Å²) < 4.78 is 9.85. The highest BCUT2D eigenvalue weighted by Crippen LogP contribution is 2.33. The van der Waals surface area contributed by atoms with E-state index >= 15 is 0 Å². The van der Waals surface area contributed by atoms with Crippen molar-refractivity contribution in [3.05, 3.63) is 70.9 Å². The number of para-hydroxylation sites is 1. The Morgan fingerprint density at radius 1 is 0.969 bits per heavy atom. The van der Waals surface area contributed by atoms with E-state index in [1.807, 2.05) is 24.3 Å². The van der Waals surface area contributed by atoms with Gasteiger partial charge in [-0.05, 0) is 24.3 Å². The van der Waals surface area contributed by atoms with Gasteiger partial charge in [0.2, 0.25) is 11.6 Å². The lowest BCUT2D eigenvalue weighted by Gasteiger charge is -2.17. The topological polar surface area (TPSA) is 137 Å². The molecular weight excluding hydrogens is 412 g/mol. The van der Waals surface area contributed by atoms with Gasteiger partial charge in [0, 0.05) is 16.3 Å². The van der Waals surface area contributed by atoms with Gasteiger partial charge in [-0.2, -0.15) is 0 Å². The number of aromatic amines is 1. The number of fused-ring (bicyclic) bond motifs is 4. The van der Waals surface area contributed by atoms with Gasteiger partial charge in [-0.15, -0.1) is 0 Å². The number of ketones is 2. The molecule has 158 valence electrons. The minimum absolute atomic E-state index is 0.0850. The smallest absolute Gasteiger partial charge is 0.356 e. The summed E-state index contributed by atoms with van der Waals surface area (Å²) in [5.74, 6) is -1.96. The predicted molar refractivity (Wildman–Crippen MR) is 115 cm³/mol. The Kier molecular flexibility index (Phi) is 4.26. The van der Waals surface area contributed by atoms with E-state index in [1.54, 1.807) is 12.1 Å². The number of carbonyl (C=O) groups excluding carboxylic acids is 3.